The quantitative estimate of drug-likeness (QED) is 0.376. The molecule has 0 amide bonds. The molecule has 1 heterocycles. The summed E-state index contributed by atoms with van der Waals surface area (Å²) >= 11 is 1.65. The van der Waals surface area contributed by atoms with Crippen LogP contribution in [0.3, 0.4) is 0 Å². The van der Waals surface area contributed by atoms with E-state index >= 15 is 0 Å². The molecule has 2 aliphatic rings. The van der Waals surface area contributed by atoms with Gasteiger partial charge in [0.2, 0.25) is 0 Å². The lowest BCUT2D eigenvalue weighted by Crippen LogP contribution is -2.43. The highest BCUT2D eigenvalue weighted by atomic mass is 32.2. The van der Waals surface area contributed by atoms with Crippen molar-refractivity contribution < 1.29 is 28.2 Å². The number of carbonyl (C=O) groups excluding carboxylic acids is 3. The molecule has 1 aromatic rings. The number of Topliss-reactive ketones (excluding diaryl/α,β-unsaturated/α-hetero) is 1. The number of carbonyl (C=O) groups is 3. The Hall–Kier alpha value is -2.61. The van der Waals surface area contributed by atoms with E-state index in [1.54, 1.807) is 24.8 Å². The van der Waals surface area contributed by atoms with Gasteiger partial charge in [-0.3, -0.25) is 9.59 Å². The lowest BCUT2D eigenvalue weighted by molar-refractivity contribution is -0.151. The van der Waals surface area contributed by atoms with Gasteiger partial charge in [0.05, 0.1) is 12.7 Å². The van der Waals surface area contributed by atoms with E-state index in [1.807, 2.05) is 13.8 Å². The minimum absolute atomic E-state index is 0.228. The van der Waals surface area contributed by atoms with Crippen LogP contribution in [-0.2, 0) is 23.9 Å². The molecule has 3 unspecified atom stereocenters. The fourth-order valence-electron chi connectivity index (χ4n) is 4.39. The number of hydrogen-bond donors (Lipinski definition) is 1. The molecule has 3 atom stereocenters. The molecule has 1 aliphatic heterocycles. The monoisotopic (exact) mass is 461 g/mol. The molecule has 0 aromatic heterocycles. The summed E-state index contributed by atoms with van der Waals surface area (Å²) in [7, 11) is 1.25. The minimum Gasteiger partial charge on any atom is -0.468 e. The normalized spacial score (nSPS) is 22.9. The van der Waals surface area contributed by atoms with Crippen LogP contribution in [0.1, 0.15) is 38.7 Å². The Morgan fingerprint density at radius 2 is 2.06 bits per heavy atom. The van der Waals surface area contributed by atoms with Crippen LogP contribution >= 0.6 is 11.8 Å². The van der Waals surface area contributed by atoms with Gasteiger partial charge < -0.3 is 14.8 Å². The Labute approximate surface area is 191 Å². The number of halogens is 1. The van der Waals surface area contributed by atoms with Crippen LogP contribution in [0.5, 0.6) is 0 Å². The summed E-state index contributed by atoms with van der Waals surface area (Å²) in [6.45, 7) is 5.81. The van der Waals surface area contributed by atoms with E-state index in [0.717, 1.165) is 5.75 Å². The summed E-state index contributed by atoms with van der Waals surface area (Å²) in [5.41, 5.74) is 2.21. The van der Waals surface area contributed by atoms with Crippen molar-refractivity contribution in [2.24, 2.45) is 11.8 Å². The van der Waals surface area contributed by atoms with Crippen LogP contribution in [0, 0.1) is 17.7 Å². The van der Waals surface area contributed by atoms with Gasteiger partial charge in [-0.2, -0.15) is 11.8 Å². The zero-order valence-electron chi connectivity index (χ0n) is 18.7. The zero-order chi connectivity index (χ0) is 23.4. The van der Waals surface area contributed by atoms with Crippen molar-refractivity contribution in [1.29, 1.82) is 0 Å². The molecule has 0 fully saturated rings. The number of rotatable bonds is 7. The van der Waals surface area contributed by atoms with Crippen LogP contribution in [0.15, 0.2) is 46.8 Å². The first-order valence-corrected chi connectivity index (χ1v) is 11.8. The molecule has 0 bridgehead atoms. The zero-order valence-corrected chi connectivity index (χ0v) is 19.5. The number of dihydropyridines is 1. The molecule has 8 heteroatoms. The van der Waals surface area contributed by atoms with E-state index in [0.29, 0.717) is 34.7 Å². The molecule has 0 radical (unpaired) electrons. The molecule has 32 heavy (non-hydrogen) atoms. The average molecular weight is 462 g/mol. The van der Waals surface area contributed by atoms with Gasteiger partial charge in [-0.05, 0) is 42.7 Å². The van der Waals surface area contributed by atoms with Crippen LogP contribution < -0.4 is 5.32 Å². The number of nitrogens with one attached hydrogen (secondary N) is 1. The first-order chi connectivity index (χ1) is 15.3. The predicted molar refractivity (Wildman–Crippen MR) is 120 cm³/mol. The largest absolute Gasteiger partial charge is 0.468 e. The molecule has 1 aliphatic carbocycles. The second-order valence-electron chi connectivity index (χ2n) is 7.92. The first kappa shape index (κ1) is 24.0. The standard InChI is InChI=1S/C24H28FNO5S/c1-5-32-10-9-31-24(29)19-14(3)26-17-11-13(2)18(23(28)30-4)22(27)21(17)20(19)15-7-6-8-16(25)12-15/h6-8,12-13,18,20,26H,5,9-11H2,1-4H3. The Kier molecular flexibility index (Phi) is 7.77. The SMILES string of the molecule is CCSCCOC(=O)C1=C(C)NC2=C(C(=O)C(C(=O)OC)C(C)C2)C1c1cccc(F)c1. The third kappa shape index (κ3) is 4.75. The smallest absolute Gasteiger partial charge is 0.336 e. The average Bonchev–Trinajstić information content (AvgIpc) is 2.75. The molecule has 6 nitrogen and oxygen atoms in total. The Morgan fingerprint density at radius 1 is 1.31 bits per heavy atom. The van der Waals surface area contributed by atoms with Crippen LogP contribution in [0.4, 0.5) is 4.39 Å². The van der Waals surface area contributed by atoms with Crippen LogP contribution in [-0.4, -0.2) is 42.9 Å². The van der Waals surface area contributed by atoms with Crippen LogP contribution in [0.2, 0.25) is 0 Å². The highest BCUT2D eigenvalue weighted by Gasteiger charge is 2.47. The van der Waals surface area contributed by atoms with Gasteiger partial charge in [-0.15, -0.1) is 0 Å². The molecule has 0 spiro atoms. The maximum atomic E-state index is 14.2. The minimum atomic E-state index is -0.978. The van der Waals surface area contributed by atoms with Crippen molar-refractivity contribution in [1.82, 2.24) is 5.32 Å². The number of allylic oxidation sites excluding steroid dienone is 3. The molecule has 1 aromatic carbocycles. The van der Waals surface area contributed by atoms with E-state index in [1.165, 1.54) is 25.3 Å². The summed E-state index contributed by atoms with van der Waals surface area (Å²) in [5.74, 6) is -2.59. The number of methoxy groups -OCH3 is 1. The summed E-state index contributed by atoms with van der Waals surface area (Å²) in [4.78, 5) is 39.0. The summed E-state index contributed by atoms with van der Waals surface area (Å²) in [6.07, 6.45) is 0.430. The Bertz CT molecular complexity index is 986. The third-order valence-electron chi connectivity index (χ3n) is 5.81. The summed E-state index contributed by atoms with van der Waals surface area (Å²) < 4.78 is 24.5. The Morgan fingerprint density at radius 3 is 2.72 bits per heavy atom. The second-order valence-corrected chi connectivity index (χ2v) is 9.32. The lowest BCUT2D eigenvalue weighted by Gasteiger charge is -2.38. The molecular formula is C24H28FNO5S. The van der Waals surface area contributed by atoms with Crippen molar-refractivity contribution in [2.45, 2.75) is 33.1 Å². The topological polar surface area (TPSA) is 81.7 Å². The second kappa shape index (κ2) is 10.3. The number of hydrogen-bond acceptors (Lipinski definition) is 7. The summed E-state index contributed by atoms with van der Waals surface area (Å²) in [6, 6.07) is 5.83. The number of benzene rings is 1. The van der Waals surface area contributed by atoms with Gasteiger partial charge in [-0.25, -0.2) is 9.18 Å². The van der Waals surface area contributed by atoms with Gasteiger partial charge in [0.15, 0.2) is 5.78 Å². The highest BCUT2D eigenvalue weighted by molar-refractivity contribution is 7.99. The van der Waals surface area contributed by atoms with Gasteiger partial charge in [-0.1, -0.05) is 26.0 Å². The van der Waals surface area contributed by atoms with Crippen molar-refractivity contribution in [2.75, 3.05) is 25.2 Å². The molecule has 172 valence electrons. The van der Waals surface area contributed by atoms with Gasteiger partial charge in [0.1, 0.15) is 18.3 Å². The van der Waals surface area contributed by atoms with E-state index in [9.17, 15) is 18.8 Å². The number of ether oxygens (including phenoxy) is 2. The number of ketones is 1. The van der Waals surface area contributed by atoms with Crippen molar-refractivity contribution in [3.8, 4) is 0 Å². The van der Waals surface area contributed by atoms with Gasteiger partial charge in [0.25, 0.3) is 0 Å². The molecule has 1 N–H and O–H groups in total. The van der Waals surface area contributed by atoms with Crippen LogP contribution in [0.25, 0.3) is 0 Å². The van der Waals surface area contributed by atoms with Crippen molar-refractivity contribution in [3.63, 3.8) is 0 Å². The molecule has 0 saturated carbocycles. The van der Waals surface area contributed by atoms with E-state index in [2.05, 4.69) is 5.32 Å². The summed E-state index contributed by atoms with van der Waals surface area (Å²) in [5, 5.41) is 3.19. The molecule has 0 saturated heterocycles. The maximum Gasteiger partial charge on any atom is 0.336 e. The fraction of sp³-hybridized carbons (Fsp3) is 0.458. The van der Waals surface area contributed by atoms with E-state index < -0.39 is 35.4 Å². The van der Waals surface area contributed by atoms with E-state index in [-0.39, 0.29) is 18.1 Å². The highest BCUT2D eigenvalue weighted by Crippen LogP contribution is 2.45. The molecular weight excluding hydrogens is 433 g/mol. The number of esters is 2. The fourth-order valence-corrected chi connectivity index (χ4v) is 4.88. The Balaban J connectivity index is 2.07. The number of thioether (sulfide) groups is 1. The van der Waals surface area contributed by atoms with Crippen molar-refractivity contribution in [3.05, 3.63) is 58.2 Å². The predicted octanol–water partition coefficient (Wildman–Crippen LogP) is 3.74. The maximum absolute atomic E-state index is 14.2. The van der Waals surface area contributed by atoms with Gasteiger partial charge in [0, 0.05) is 28.6 Å². The third-order valence-corrected chi connectivity index (χ3v) is 6.67. The lowest BCUT2D eigenvalue weighted by atomic mass is 9.69. The van der Waals surface area contributed by atoms with Gasteiger partial charge >= 0.3 is 11.9 Å². The first-order valence-electron chi connectivity index (χ1n) is 10.6. The van der Waals surface area contributed by atoms with E-state index in [4.69, 9.17) is 9.47 Å². The van der Waals surface area contributed by atoms with Crippen molar-refractivity contribution >= 4 is 29.5 Å². The molecule has 3 rings (SSSR count).